The van der Waals surface area contributed by atoms with E-state index in [0.29, 0.717) is 5.16 Å². The predicted molar refractivity (Wildman–Crippen MR) is 84.3 cm³/mol. The maximum Gasteiger partial charge on any atom is 0.0909 e. The lowest BCUT2D eigenvalue weighted by atomic mass is 10.3. The molecule has 0 aromatic carbocycles. The molecule has 0 aliphatic rings. The third kappa shape index (κ3) is 10.5. The molecule has 0 aromatic heterocycles. The van der Waals surface area contributed by atoms with Crippen LogP contribution >= 0.6 is 35.1 Å². The lowest BCUT2D eigenvalue weighted by Gasteiger charge is -2.27. The van der Waals surface area contributed by atoms with Gasteiger partial charge in [-0.15, -0.1) is 0 Å². The molecular weight excluding hydrogens is 285 g/mol. The van der Waals surface area contributed by atoms with Crippen LogP contribution < -0.4 is 0 Å². The van der Waals surface area contributed by atoms with Crippen molar-refractivity contribution in [1.29, 1.82) is 0 Å². The lowest BCUT2D eigenvalue weighted by Crippen LogP contribution is -2.12. The first-order valence-corrected chi connectivity index (χ1v) is 11.7. The van der Waals surface area contributed by atoms with E-state index >= 15 is 0 Å². The van der Waals surface area contributed by atoms with Crippen LogP contribution in [0.4, 0.5) is 0 Å². The van der Waals surface area contributed by atoms with Crippen molar-refractivity contribution in [2.24, 2.45) is 0 Å². The Bertz CT molecular complexity index is 221. The molecule has 0 radical (unpaired) electrons. The van der Waals surface area contributed by atoms with Crippen molar-refractivity contribution in [2.45, 2.75) is 51.9 Å². The van der Waals surface area contributed by atoms with E-state index in [2.05, 4.69) is 34.1 Å². The fraction of sp³-hybridized carbons (Fsp3) is 1.00. The van der Waals surface area contributed by atoms with E-state index in [0.717, 1.165) is 0 Å². The monoisotopic (exact) mass is 308 g/mol. The van der Waals surface area contributed by atoms with E-state index < -0.39 is 12.7 Å². The van der Waals surface area contributed by atoms with Gasteiger partial charge in [0.1, 0.15) is 0 Å². The highest BCUT2D eigenvalue weighted by atomic mass is 35.9. The summed E-state index contributed by atoms with van der Waals surface area (Å²) in [6.07, 6.45) is 0. The maximum atomic E-state index is 5.58. The molecule has 0 rings (SSSR count). The molecule has 0 N–H and O–H groups in total. The second-order valence-electron chi connectivity index (χ2n) is 5.93. The van der Waals surface area contributed by atoms with Crippen LogP contribution in [-0.4, -0.2) is 23.6 Å². The van der Waals surface area contributed by atoms with Crippen molar-refractivity contribution >= 4 is 47.0 Å². The Balaban J connectivity index is 0. The minimum absolute atomic E-state index is 0.0957. The molecule has 0 saturated carbocycles. The van der Waals surface area contributed by atoms with Crippen LogP contribution in [0.3, 0.4) is 0 Å². The normalized spacial score (nSPS) is 13.5. The molecule has 0 atom stereocenters. The molecule has 5 heteroatoms. The molecule has 0 nitrogen and oxygen atoms in total. The maximum absolute atomic E-state index is 5.58. The summed E-state index contributed by atoms with van der Waals surface area (Å²) in [6, 6.07) is -1.02. The van der Waals surface area contributed by atoms with Crippen molar-refractivity contribution < 1.29 is 0 Å². The van der Waals surface area contributed by atoms with Gasteiger partial charge in [0.25, 0.3) is 0 Å². The van der Waals surface area contributed by atoms with E-state index in [1.54, 1.807) is 0 Å². The van der Waals surface area contributed by atoms with Gasteiger partial charge in [-0.1, -0.05) is 75.8 Å². The summed E-state index contributed by atoms with van der Waals surface area (Å²) in [4.78, 5) is 0. The van der Waals surface area contributed by atoms with Crippen molar-refractivity contribution in [3.05, 3.63) is 0 Å². The second kappa shape index (κ2) is 6.55. The fourth-order valence-electron chi connectivity index (χ4n) is 0. The zero-order chi connectivity index (χ0) is 13.1. The van der Waals surface area contributed by atoms with Crippen LogP contribution in [0.1, 0.15) is 41.5 Å². The van der Waals surface area contributed by atoms with E-state index in [1.165, 1.54) is 0 Å². The van der Waals surface area contributed by atoms with Gasteiger partial charge in [0.05, 0.1) is 6.63 Å². The van der Waals surface area contributed by atoms with E-state index in [9.17, 15) is 0 Å². The van der Waals surface area contributed by atoms with Gasteiger partial charge >= 0.3 is 0 Å². The Morgan fingerprint density at radius 2 is 1.07 bits per heavy atom. The average Bonchev–Trinajstić information content (AvgIpc) is 1.80. The summed E-state index contributed by atoms with van der Waals surface area (Å²) in [7, 11) is 0. The van der Waals surface area contributed by atoms with E-state index in [1.807, 2.05) is 20.8 Å². The van der Waals surface area contributed by atoms with Crippen LogP contribution in [0.5, 0.6) is 0 Å². The zero-order valence-corrected chi connectivity index (χ0v) is 15.2. The summed E-state index contributed by atoms with van der Waals surface area (Å²) >= 11 is 16.5. The van der Waals surface area contributed by atoms with Gasteiger partial charge in [-0.25, -0.2) is 0 Å². The third-order valence-corrected chi connectivity index (χ3v) is 11.1. The SMILES string of the molecule is CC(C)(C)P(C)(C)=S.CC(C)(C)P(Cl)Cl. The first-order valence-electron chi connectivity index (χ1n) is 4.86. The molecule has 0 aliphatic carbocycles. The highest BCUT2D eigenvalue weighted by Gasteiger charge is 2.21. The summed E-state index contributed by atoms with van der Waals surface area (Å²) in [6.45, 7) is 16.3. The van der Waals surface area contributed by atoms with Gasteiger partial charge in [-0.05, 0) is 24.5 Å². The van der Waals surface area contributed by atoms with Gasteiger partial charge in [-0.3, -0.25) is 0 Å². The van der Waals surface area contributed by atoms with Crippen LogP contribution in [-0.2, 0) is 11.8 Å². The third-order valence-electron chi connectivity index (χ3n) is 2.12. The quantitative estimate of drug-likeness (QED) is 0.487. The van der Waals surface area contributed by atoms with Gasteiger partial charge in [0.15, 0.2) is 0 Å². The minimum Gasteiger partial charge on any atom is -0.0975 e. The molecular formula is C10H24Cl2P2S. The summed E-state index contributed by atoms with van der Waals surface area (Å²) in [5.41, 5.74) is 0. The highest BCUT2D eigenvalue weighted by Crippen LogP contribution is 2.58. The van der Waals surface area contributed by atoms with Crippen LogP contribution in [0.25, 0.3) is 0 Å². The van der Waals surface area contributed by atoms with E-state index in [4.69, 9.17) is 34.3 Å². The highest BCUT2D eigenvalue weighted by molar-refractivity contribution is 8.14. The molecule has 0 aromatic rings. The Kier molecular flexibility index (Phi) is 8.31. The van der Waals surface area contributed by atoms with Gasteiger partial charge in [0, 0.05) is 5.16 Å². The lowest BCUT2D eigenvalue weighted by molar-refractivity contribution is 0.787. The standard InChI is InChI=1S/C6H15PS.C4H9Cl2P/c1-6(2,3)7(4,5)8;1-4(2,3)7(5)6/h1-5H3;1-3H3. The Morgan fingerprint density at radius 1 is 0.933 bits per heavy atom. The molecule has 0 heterocycles. The second-order valence-corrected chi connectivity index (χ2v) is 17.1. The summed E-state index contributed by atoms with van der Waals surface area (Å²) in [5.74, 6) is 0. The molecule has 94 valence electrons. The largest absolute Gasteiger partial charge is 0.0975 e. The molecule has 15 heavy (non-hydrogen) atoms. The van der Waals surface area contributed by atoms with Gasteiger partial charge < -0.3 is 0 Å². The molecule has 0 aliphatic heterocycles. The topological polar surface area (TPSA) is 0 Å². The molecule has 0 spiro atoms. The van der Waals surface area contributed by atoms with Gasteiger partial charge in [0.2, 0.25) is 0 Å². The first-order chi connectivity index (χ1) is 6.19. The number of hydrogen-bond acceptors (Lipinski definition) is 1. The molecule has 0 bridgehead atoms. The van der Waals surface area contributed by atoms with Crippen molar-refractivity contribution in [2.75, 3.05) is 13.3 Å². The van der Waals surface area contributed by atoms with Crippen LogP contribution in [0.2, 0.25) is 0 Å². The Labute approximate surface area is 112 Å². The average molecular weight is 309 g/mol. The van der Waals surface area contributed by atoms with Crippen molar-refractivity contribution in [1.82, 2.24) is 0 Å². The van der Waals surface area contributed by atoms with E-state index in [-0.39, 0.29) is 5.16 Å². The Hall–Kier alpha value is 1.66. The van der Waals surface area contributed by atoms with Crippen LogP contribution in [0.15, 0.2) is 0 Å². The Morgan fingerprint density at radius 3 is 1.07 bits per heavy atom. The molecule has 0 fully saturated rings. The van der Waals surface area contributed by atoms with Crippen LogP contribution in [0, 0.1) is 0 Å². The number of rotatable bonds is 0. The molecule has 0 amide bonds. The number of hydrogen-bond donors (Lipinski definition) is 0. The summed E-state index contributed by atoms with van der Waals surface area (Å²) < 4.78 is 0. The molecule has 0 unspecified atom stereocenters. The van der Waals surface area contributed by atoms with Gasteiger partial charge in [-0.2, -0.15) is 0 Å². The minimum atomic E-state index is -1.02. The smallest absolute Gasteiger partial charge is 0.0909 e. The summed E-state index contributed by atoms with van der Waals surface area (Å²) in [5, 5.41) is 0.459. The number of halogens is 2. The first kappa shape index (κ1) is 19.0. The molecule has 0 saturated heterocycles. The van der Waals surface area contributed by atoms with Crippen molar-refractivity contribution in [3.63, 3.8) is 0 Å². The fourth-order valence-corrected chi connectivity index (χ4v) is 0. The predicted octanol–water partition coefficient (Wildman–Crippen LogP) is 6.10. The zero-order valence-electron chi connectivity index (χ0n) is 11.1. The van der Waals surface area contributed by atoms with Crippen molar-refractivity contribution in [3.8, 4) is 0 Å².